The maximum absolute atomic E-state index is 12.4. The van der Waals surface area contributed by atoms with Gasteiger partial charge in [-0.05, 0) is 39.3 Å². The second kappa shape index (κ2) is 9.06. The molecule has 0 saturated carbocycles. The summed E-state index contributed by atoms with van der Waals surface area (Å²) in [5.41, 5.74) is 1.44. The molecule has 2 rings (SSSR count). The fraction of sp³-hybridized carbons (Fsp3) is 0.632. The second-order valence-corrected chi connectivity index (χ2v) is 6.63. The summed E-state index contributed by atoms with van der Waals surface area (Å²) >= 11 is 0. The fourth-order valence-electron chi connectivity index (χ4n) is 3.29. The van der Waals surface area contributed by atoms with Crippen molar-refractivity contribution in [1.82, 2.24) is 10.2 Å². The van der Waals surface area contributed by atoms with Gasteiger partial charge in [-0.25, -0.2) is 0 Å². The summed E-state index contributed by atoms with van der Waals surface area (Å²) in [4.78, 5) is 14.8. The van der Waals surface area contributed by atoms with Crippen LogP contribution in [0.4, 0.5) is 0 Å². The first-order valence-electron chi connectivity index (χ1n) is 8.83. The number of ether oxygens (including phenoxy) is 3. The molecule has 1 fully saturated rings. The van der Waals surface area contributed by atoms with Crippen LogP contribution in [0.2, 0.25) is 0 Å². The second-order valence-electron chi connectivity index (χ2n) is 6.63. The van der Waals surface area contributed by atoms with Crippen LogP contribution >= 0.6 is 0 Å². The molecule has 25 heavy (non-hydrogen) atoms. The van der Waals surface area contributed by atoms with Gasteiger partial charge in [0.25, 0.3) is 5.91 Å². The molecule has 2 unspecified atom stereocenters. The van der Waals surface area contributed by atoms with E-state index in [0.717, 1.165) is 31.6 Å². The Kier molecular flexibility index (Phi) is 7.08. The quantitative estimate of drug-likeness (QED) is 0.764. The molecule has 1 amide bonds. The summed E-state index contributed by atoms with van der Waals surface area (Å²) in [7, 11) is 3.18. The molecule has 1 aliphatic rings. The Labute approximate surface area is 150 Å². The van der Waals surface area contributed by atoms with Crippen LogP contribution in [0.15, 0.2) is 12.1 Å². The average molecular weight is 350 g/mol. The van der Waals surface area contributed by atoms with E-state index < -0.39 is 0 Å². The Hall–Kier alpha value is -1.79. The number of rotatable bonds is 7. The molecule has 0 aromatic heterocycles. The van der Waals surface area contributed by atoms with Crippen molar-refractivity contribution in [3.8, 4) is 11.5 Å². The molecule has 0 bridgehead atoms. The third-order valence-electron chi connectivity index (χ3n) is 4.45. The van der Waals surface area contributed by atoms with Gasteiger partial charge in [-0.2, -0.15) is 0 Å². The van der Waals surface area contributed by atoms with Gasteiger partial charge in [0, 0.05) is 37.3 Å². The summed E-state index contributed by atoms with van der Waals surface area (Å²) < 4.78 is 16.4. The van der Waals surface area contributed by atoms with E-state index in [4.69, 9.17) is 14.2 Å². The van der Waals surface area contributed by atoms with Crippen molar-refractivity contribution < 1.29 is 19.0 Å². The van der Waals surface area contributed by atoms with Gasteiger partial charge in [0.05, 0.1) is 26.4 Å². The van der Waals surface area contributed by atoms with Crippen LogP contribution < -0.4 is 14.8 Å². The minimum Gasteiger partial charge on any atom is -0.496 e. The predicted octanol–water partition coefficient (Wildman–Crippen LogP) is 2.24. The van der Waals surface area contributed by atoms with Crippen LogP contribution in [0.5, 0.6) is 11.5 Å². The Morgan fingerprint density at radius 1 is 1.20 bits per heavy atom. The van der Waals surface area contributed by atoms with Gasteiger partial charge < -0.3 is 19.5 Å². The lowest BCUT2D eigenvalue weighted by atomic mass is 10.1. The van der Waals surface area contributed by atoms with E-state index >= 15 is 0 Å². The number of amides is 1. The number of carbonyl (C=O) groups is 1. The fourth-order valence-corrected chi connectivity index (χ4v) is 3.29. The van der Waals surface area contributed by atoms with Gasteiger partial charge in [0.15, 0.2) is 0 Å². The van der Waals surface area contributed by atoms with E-state index in [1.807, 2.05) is 6.92 Å². The number of hydrogen-bond donors (Lipinski definition) is 1. The molecular formula is C19H30N2O4. The molecule has 2 atom stereocenters. The number of hydrogen-bond acceptors (Lipinski definition) is 5. The highest BCUT2D eigenvalue weighted by molar-refractivity contribution is 5.95. The molecule has 0 aliphatic carbocycles. The first-order valence-corrected chi connectivity index (χ1v) is 8.83. The molecule has 6 nitrogen and oxygen atoms in total. The van der Waals surface area contributed by atoms with Crippen molar-refractivity contribution in [3.63, 3.8) is 0 Å². The summed E-state index contributed by atoms with van der Waals surface area (Å²) in [6.07, 6.45) is 1.45. The number of nitrogens with zero attached hydrogens (tertiary/aromatic N) is 1. The number of morpholine rings is 1. The zero-order valence-corrected chi connectivity index (χ0v) is 15.9. The van der Waals surface area contributed by atoms with Crippen molar-refractivity contribution in [1.29, 1.82) is 0 Å². The molecule has 140 valence electrons. The maximum atomic E-state index is 12.4. The normalized spacial score (nSPS) is 21.0. The lowest BCUT2D eigenvalue weighted by Gasteiger charge is -2.35. The molecule has 1 aromatic rings. The Morgan fingerprint density at radius 3 is 2.28 bits per heavy atom. The van der Waals surface area contributed by atoms with Crippen LogP contribution in [-0.2, 0) is 4.74 Å². The maximum Gasteiger partial charge on any atom is 0.251 e. The van der Waals surface area contributed by atoms with Gasteiger partial charge in [0.1, 0.15) is 11.5 Å². The third-order valence-corrected chi connectivity index (χ3v) is 4.45. The van der Waals surface area contributed by atoms with Gasteiger partial charge in [0.2, 0.25) is 0 Å². The molecule has 6 heteroatoms. The zero-order valence-electron chi connectivity index (χ0n) is 15.9. The topological polar surface area (TPSA) is 60.0 Å². The lowest BCUT2D eigenvalue weighted by Crippen LogP contribution is -2.46. The van der Waals surface area contributed by atoms with Crippen LogP contribution in [0.3, 0.4) is 0 Å². The minimum absolute atomic E-state index is 0.111. The molecule has 0 spiro atoms. The number of nitrogens with one attached hydrogen (secondary N) is 1. The SMILES string of the molecule is COc1cc(C(=O)NCCCN2CC(C)OC(C)C2)cc(OC)c1C. The van der Waals surface area contributed by atoms with Crippen molar-refractivity contribution in [2.75, 3.05) is 40.4 Å². The van der Waals surface area contributed by atoms with Gasteiger partial charge in [-0.15, -0.1) is 0 Å². The standard InChI is InChI=1S/C19H30N2O4/c1-13-11-21(12-14(2)25-13)8-6-7-20-19(22)16-9-17(23-4)15(3)18(10-16)24-5/h9-10,13-14H,6-8,11-12H2,1-5H3,(H,20,22). The molecule has 1 aromatic carbocycles. The Morgan fingerprint density at radius 2 is 1.76 bits per heavy atom. The highest BCUT2D eigenvalue weighted by Gasteiger charge is 2.21. The average Bonchev–Trinajstić information content (AvgIpc) is 2.58. The first-order chi connectivity index (χ1) is 11.9. The summed E-state index contributed by atoms with van der Waals surface area (Å²) in [6, 6.07) is 3.50. The monoisotopic (exact) mass is 350 g/mol. The van der Waals surface area contributed by atoms with Crippen molar-refractivity contribution in [2.45, 2.75) is 39.4 Å². The molecule has 1 saturated heterocycles. The lowest BCUT2D eigenvalue weighted by molar-refractivity contribution is -0.0679. The first kappa shape index (κ1) is 19.5. The van der Waals surface area contributed by atoms with Crippen LogP contribution in [0.25, 0.3) is 0 Å². The smallest absolute Gasteiger partial charge is 0.251 e. The molecule has 1 aliphatic heterocycles. The number of methoxy groups -OCH3 is 2. The van der Waals surface area contributed by atoms with Crippen molar-refractivity contribution in [2.24, 2.45) is 0 Å². The summed E-state index contributed by atoms with van der Waals surface area (Å²) in [5, 5.41) is 2.98. The Bertz CT molecular complexity index is 556. The molecule has 1 heterocycles. The largest absolute Gasteiger partial charge is 0.496 e. The molecule has 0 radical (unpaired) electrons. The zero-order chi connectivity index (χ0) is 18.4. The summed E-state index contributed by atoms with van der Waals surface area (Å²) in [5.74, 6) is 1.20. The van der Waals surface area contributed by atoms with Gasteiger partial charge >= 0.3 is 0 Å². The van der Waals surface area contributed by atoms with Crippen LogP contribution in [-0.4, -0.2) is 63.4 Å². The van der Waals surface area contributed by atoms with Crippen molar-refractivity contribution >= 4 is 5.91 Å². The van der Waals surface area contributed by atoms with E-state index in [2.05, 4.69) is 24.1 Å². The molecule has 1 N–H and O–H groups in total. The van der Waals surface area contributed by atoms with Crippen LogP contribution in [0.1, 0.15) is 36.2 Å². The van der Waals surface area contributed by atoms with Gasteiger partial charge in [-0.1, -0.05) is 0 Å². The number of carbonyl (C=O) groups excluding carboxylic acids is 1. The van der Waals surface area contributed by atoms with E-state index in [1.54, 1.807) is 26.4 Å². The predicted molar refractivity (Wildman–Crippen MR) is 97.7 cm³/mol. The van der Waals surface area contributed by atoms with Gasteiger partial charge in [-0.3, -0.25) is 9.69 Å². The van der Waals surface area contributed by atoms with Crippen molar-refractivity contribution in [3.05, 3.63) is 23.3 Å². The highest BCUT2D eigenvalue weighted by Crippen LogP contribution is 2.29. The Balaban J connectivity index is 1.84. The van der Waals surface area contributed by atoms with E-state index in [1.165, 1.54) is 0 Å². The van der Waals surface area contributed by atoms with E-state index in [9.17, 15) is 4.79 Å². The molecular weight excluding hydrogens is 320 g/mol. The minimum atomic E-state index is -0.111. The van der Waals surface area contributed by atoms with E-state index in [-0.39, 0.29) is 18.1 Å². The summed E-state index contributed by atoms with van der Waals surface area (Å²) in [6.45, 7) is 9.60. The van der Waals surface area contributed by atoms with E-state index in [0.29, 0.717) is 23.6 Å². The van der Waals surface area contributed by atoms with Crippen LogP contribution in [0, 0.1) is 6.92 Å². The highest BCUT2D eigenvalue weighted by atomic mass is 16.5. The number of benzene rings is 1. The third kappa shape index (κ3) is 5.34.